The third-order valence-corrected chi connectivity index (χ3v) is 6.14. The quantitative estimate of drug-likeness (QED) is 0.761. The molecule has 27 heavy (non-hydrogen) atoms. The molecule has 0 bridgehead atoms. The average Bonchev–Trinajstić information content (AvgIpc) is 3.16. The van der Waals surface area contributed by atoms with Crippen LogP contribution < -0.4 is 5.73 Å². The van der Waals surface area contributed by atoms with Crippen LogP contribution in [0, 0.1) is 0 Å². The summed E-state index contributed by atoms with van der Waals surface area (Å²) in [5.41, 5.74) is 5.92. The molecule has 0 saturated carbocycles. The number of carbonyl (C=O) groups excluding carboxylic acids is 2. The fraction of sp³-hybridized carbons (Fsp3) is 0.556. The minimum absolute atomic E-state index is 0.0443. The zero-order valence-corrected chi connectivity index (χ0v) is 16.2. The monoisotopic (exact) mass is 395 g/mol. The normalized spacial score (nSPS) is 23.5. The maximum absolute atomic E-state index is 12.7. The van der Waals surface area contributed by atoms with E-state index in [2.05, 4.69) is 0 Å². The van der Waals surface area contributed by atoms with Crippen molar-refractivity contribution >= 4 is 21.7 Å². The van der Waals surface area contributed by atoms with Crippen molar-refractivity contribution in [3.63, 3.8) is 0 Å². The Balaban J connectivity index is 1.59. The average molecular weight is 395 g/mol. The fourth-order valence-corrected chi connectivity index (χ4v) is 4.10. The van der Waals surface area contributed by atoms with E-state index < -0.39 is 15.9 Å². The lowest BCUT2D eigenvalue weighted by atomic mass is 10.1. The summed E-state index contributed by atoms with van der Waals surface area (Å²) in [6.07, 6.45) is 2.10. The molecule has 0 aliphatic carbocycles. The van der Waals surface area contributed by atoms with Crippen molar-refractivity contribution in [2.45, 2.75) is 29.9 Å². The predicted octanol–water partition coefficient (Wildman–Crippen LogP) is -0.119. The Morgan fingerprint density at radius 1 is 1.15 bits per heavy atom. The van der Waals surface area contributed by atoms with Crippen LogP contribution in [-0.2, 0) is 19.4 Å². The van der Waals surface area contributed by atoms with E-state index in [1.54, 1.807) is 21.9 Å². The zero-order chi connectivity index (χ0) is 19.6. The van der Waals surface area contributed by atoms with Gasteiger partial charge >= 0.3 is 0 Å². The highest BCUT2D eigenvalue weighted by atomic mass is 32.2. The van der Waals surface area contributed by atoms with E-state index in [1.807, 2.05) is 0 Å². The van der Waals surface area contributed by atoms with Crippen LogP contribution in [0.25, 0.3) is 0 Å². The Bertz CT molecular complexity index is 818. The largest absolute Gasteiger partial charge is 0.364 e. The van der Waals surface area contributed by atoms with Gasteiger partial charge in [-0.15, -0.1) is 0 Å². The molecule has 2 atom stereocenters. The van der Waals surface area contributed by atoms with Gasteiger partial charge < -0.3 is 20.3 Å². The highest BCUT2D eigenvalue weighted by molar-refractivity contribution is 7.90. The third kappa shape index (κ3) is 4.48. The van der Waals surface area contributed by atoms with Crippen molar-refractivity contribution in [2.75, 3.05) is 39.0 Å². The molecule has 2 fully saturated rings. The third-order valence-electron chi connectivity index (χ3n) is 5.03. The highest BCUT2D eigenvalue weighted by Gasteiger charge is 2.34. The van der Waals surface area contributed by atoms with Gasteiger partial charge in [0.15, 0.2) is 9.84 Å². The smallest absolute Gasteiger partial charge is 0.254 e. The number of sulfone groups is 1. The molecule has 0 aromatic heterocycles. The number of nitrogens with zero attached hydrogens (tertiary/aromatic N) is 2. The molecular formula is C18H25N3O5S. The molecule has 8 nitrogen and oxygen atoms in total. The molecule has 0 spiro atoms. The highest BCUT2D eigenvalue weighted by Crippen LogP contribution is 2.22. The summed E-state index contributed by atoms with van der Waals surface area (Å²) in [6, 6.07) is 6.04. The van der Waals surface area contributed by atoms with Gasteiger partial charge in [0.25, 0.3) is 11.8 Å². The maximum Gasteiger partial charge on any atom is 0.254 e. The van der Waals surface area contributed by atoms with Crippen LogP contribution in [-0.4, -0.2) is 81.2 Å². The first-order valence-electron chi connectivity index (χ1n) is 9.03. The van der Waals surface area contributed by atoms with Crippen LogP contribution in [0.15, 0.2) is 29.2 Å². The Labute approximate surface area is 159 Å². The molecule has 2 aliphatic rings. The molecule has 2 amide bonds. The lowest BCUT2D eigenvalue weighted by Gasteiger charge is -2.36. The number of ether oxygens (including phenoxy) is 1. The topological polar surface area (TPSA) is 110 Å². The van der Waals surface area contributed by atoms with Crippen LogP contribution >= 0.6 is 0 Å². The molecule has 2 heterocycles. The summed E-state index contributed by atoms with van der Waals surface area (Å²) in [5.74, 6) is -0.273. The van der Waals surface area contributed by atoms with Gasteiger partial charge in [0.1, 0.15) is 6.10 Å². The summed E-state index contributed by atoms with van der Waals surface area (Å²) in [4.78, 5) is 28.7. The van der Waals surface area contributed by atoms with E-state index in [-0.39, 0.29) is 22.8 Å². The number of amides is 2. The number of nitrogens with two attached hydrogens (primary N) is 1. The van der Waals surface area contributed by atoms with Crippen molar-refractivity contribution in [3.05, 3.63) is 29.8 Å². The van der Waals surface area contributed by atoms with Crippen molar-refractivity contribution in [1.82, 2.24) is 9.80 Å². The van der Waals surface area contributed by atoms with Crippen molar-refractivity contribution < 1.29 is 22.7 Å². The molecule has 2 aliphatic heterocycles. The molecule has 0 radical (unpaired) electrons. The summed E-state index contributed by atoms with van der Waals surface area (Å²) in [6.45, 7) is 2.09. The molecule has 9 heteroatoms. The second kappa shape index (κ2) is 7.95. The van der Waals surface area contributed by atoms with Gasteiger partial charge in [-0.05, 0) is 31.0 Å². The van der Waals surface area contributed by atoms with E-state index in [0.29, 0.717) is 44.7 Å². The van der Waals surface area contributed by atoms with Crippen molar-refractivity contribution in [3.8, 4) is 0 Å². The number of piperazine rings is 1. The summed E-state index contributed by atoms with van der Waals surface area (Å²) < 4.78 is 29.0. The molecule has 1 aromatic rings. The van der Waals surface area contributed by atoms with Gasteiger partial charge in [0.2, 0.25) is 0 Å². The molecule has 148 valence electrons. The number of hydrogen-bond acceptors (Lipinski definition) is 6. The van der Waals surface area contributed by atoms with Crippen LogP contribution in [0.4, 0.5) is 0 Å². The van der Waals surface area contributed by atoms with Crippen LogP contribution in [0.2, 0.25) is 0 Å². The summed E-state index contributed by atoms with van der Waals surface area (Å²) in [5, 5.41) is 0. The minimum atomic E-state index is -3.37. The predicted molar refractivity (Wildman–Crippen MR) is 99.0 cm³/mol. The standard InChI is InChI=1S/C18H25N3O5S/c1-27(24,25)15-4-2-3-13(11-15)17(22)20-7-9-21(10-8-20)18(23)16-6-5-14(12-19)26-16/h2-4,11,14,16H,5-10,12,19H2,1H3/t14-,16+/m1/s1. The SMILES string of the molecule is CS(=O)(=O)c1cccc(C(=O)N2CCN(C(=O)[C@@H]3CC[C@H](CN)O3)CC2)c1. The van der Waals surface area contributed by atoms with Gasteiger partial charge in [-0.2, -0.15) is 0 Å². The lowest BCUT2D eigenvalue weighted by Crippen LogP contribution is -2.53. The molecule has 3 rings (SSSR count). The Morgan fingerprint density at radius 2 is 1.81 bits per heavy atom. The zero-order valence-electron chi connectivity index (χ0n) is 15.3. The van der Waals surface area contributed by atoms with Gasteiger partial charge in [0.05, 0.1) is 11.0 Å². The number of hydrogen-bond donors (Lipinski definition) is 1. The number of benzene rings is 1. The second-order valence-electron chi connectivity index (χ2n) is 6.98. The van der Waals surface area contributed by atoms with Crippen LogP contribution in [0.1, 0.15) is 23.2 Å². The van der Waals surface area contributed by atoms with E-state index in [1.165, 1.54) is 12.1 Å². The molecule has 1 aromatic carbocycles. The Kier molecular flexibility index (Phi) is 5.83. The summed E-state index contributed by atoms with van der Waals surface area (Å²) in [7, 11) is -3.37. The van der Waals surface area contributed by atoms with E-state index in [9.17, 15) is 18.0 Å². The fourth-order valence-electron chi connectivity index (χ4n) is 3.44. The van der Waals surface area contributed by atoms with E-state index in [0.717, 1.165) is 12.7 Å². The first-order chi connectivity index (χ1) is 12.8. The van der Waals surface area contributed by atoms with Crippen LogP contribution in [0.5, 0.6) is 0 Å². The lowest BCUT2D eigenvalue weighted by molar-refractivity contribution is -0.144. The molecule has 2 saturated heterocycles. The minimum Gasteiger partial charge on any atom is -0.364 e. The van der Waals surface area contributed by atoms with Gasteiger partial charge in [-0.1, -0.05) is 6.07 Å². The molecule has 2 N–H and O–H groups in total. The Morgan fingerprint density at radius 3 is 2.41 bits per heavy atom. The number of rotatable bonds is 4. The maximum atomic E-state index is 12.7. The molecule has 0 unspecified atom stereocenters. The van der Waals surface area contributed by atoms with Crippen molar-refractivity contribution in [1.29, 1.82) is 0 Å². The van der Waals surface area contributed by atoms with Gasteiger partial charge in [-0.3, -0.25) is 9.59 Å². The first-order valence-corrected chi connectivity index (χ1v) is 10.9. The number of carbonyl (C=O) groups is 2. The second-order valence-corrected chi connectivity index (χ2v) is 8.99. The van der Waals surface area contributed by atoms with Crippen molar-refractivity contribution in [2.24, 2.45) is 5.73 Å². The Hall–Kier alpha value is -1.97. The van der Waals surface area contributed by atoms with Gasteiger partial charge in [0, 0.05) is 44.5 Å². The first kappa shape index (κ1) is 19.8. The van der Waals surface area contributed by atoms with Gasteiger partial charge in [-0.25, -0.2) is 8.42 Å². The molecular weight excluding hydrogens is 370 g/mol. The van der Waals surface area contributed by atoms with Crippen LogP contribution in [0.3, 0.4) is 0 Å². The van der Waals surface area contributed by atoms with E-state index in [4.69, 9.17) is 10.5 Å². The van der Waals surface area contributed by atoms with E-state index >= 15 is 0 Å². The summed E-state index contributed by atoms with van der Waals surface area (Å²) >= 11 is 0.